The first-order valence-corrected chi connectivity index (χ1v) is 5.93. The summed E-state index contributed by atoms with van der Waals surface area (Å²) in [7, 11) is 0. The van der Waals surface area contributed by atoms with Crippen LogP contribution in [0.25, 0.3) is 0 Å². The van der Waals surface area contributed by atoms with Gasteiger partial charge in [0.25, 0.3) is 0 Å². The Bertz CT molecular complexity index is 453. The Labute approximate surface area is 108 Å². The van der Waals surface area contributed by atoms with Gasteiger partial charge < -0.3 is 9.47 Å². The van der Waals surface area contributed by atoms with Crippen LogP contribution in [0.4, 0.5) is 13.2 Å². The maximum atomic E-state index is 12.0. The number of rotatable bonds is 4. The highest BCUT2D eigenvalue weighted by Crippen LogP contribution is 2.48. The molecule has 1 fully saturated rings. The summed E-state index contributed by atoms with van der Waals surface area (Å²) in [5, 5.41) is 0. The van der Waals surface area contributed by atoms with Crippen LogP contribution >= 0.6 is 0 Å². The third kappa shape index (κ3) is 3.62. The average molecular weight is 274 g/mol. The quantitative estimate of drug-likeness (QED) is 0.791. The van der Waals surface area contributed by atoms with Gasteiger partial charge in [-0.3, -0.25) is 4.79 Å². The summed E-state index contributed by atoms with van der Waals surface area (Å²) >= 11 is 0. The van der Waals surface area contributed by atoms with E-state index in [0.717, 1.165) is 5.56 Å². The van der Waals surface area contributed by atoms with Crippen LogP contribution in [-0.4, -0.2) is 18.9 Å². The molecule has 6 heteroatoms. The number of hydrogen-bond donors (Lipinski definition) is 0. The smallest absolute Gasteiger partial charge is 0.466 e. The zero-order valence-electron chi connectivity index (χ0n) is 10.2. The van der Waals surface area contributed by atoms with Crippen molar-refractivity contribution in [2.75, 3.05) is 6.61 Å². The molecule has 0 aliphatic heterocycles. The Morgan fingerprint density at radius 1 is 1.32 bits per heavy atom. The van der Waals surface area contributed by atoms with Crippen LogP contribution in [0.2, 0.25) is 0 Å². The zero-order valence-corrected chi connectivity index (χ0v) is 10.2. The van der Waals surface area contributed by atoms with Crippen molar-refractivity contribution in [1.29, 1.82) is 0 Å². The predicted molar refractivity (Wildman–Crippen MR) is 60.6 cm³/mol. The van der Waals surface area contributed by atoms with E-state index in [1.54, 1.807) is 19.1 Å². The molecule has 0 aromatic heterocycles. The minimum atomic E-state index is -4.69. The Morgan fingerprint density at radius 3 is 2.47 bits per heavy atom. The van der Waals surface area contributed by atoms with Crippen molar-refractivity contribution in [1.82, 2.24) is 0 Å². The van der Waals surface area contributed by atoms with Gasteiger partial charge in [0.05, 0.1) is 12.5 Å². The van der Waals surface area contributed by atoms with Gasteiger partial charge in [0, 0.05) is 0 Å². The van der Waals surface area contributed by atoms with Gasteiger partial charge in [0.1, 0.15) is 5.75 Å². The Hall–Kier alpha value is -1.72. The van der Waals surface area contributed by atoms with Gasteiger partial charge in [-0.25, -0.2) is 0 Å². The number of ether oxygens (including phenoxy) is 2. The average Bonchev–Trinajstić information content (AvgIpc) is 3.08. The summed E-state index contributed by atoms with van der Waals surface area (Å²) in [4.78, 5) is 11.4. The van der Waals surface area contributed by atoms with Crippen molar-refractivity contribution in [3.05, 3.63) is 29.8 Å². The lowest BCUT2D eigenvalue weighted by atomic mass is 10.1. The molecule has 0 radical (unpaired) electrons. The molecule has 3 nitrogen and oxygen atoms in total. The van der Waals surface area contributed by atoms with Crippen molar-refractivity contribution in [3.8, 4) is 5.75 Å². The van der Waals surface area contributed by atoms with Crippen molar-refractivity contribution >= 4 is 5.97 Å². The van der Waals surface area contributed by atoms with Crippen LogP contribution in [0.15, 0.2) is 24.3 Å². The minimum absolute atomic E-state index is 0.0407. The third-order valence-corrected chi connectivity index (χ3v) is 2.92. The van der Waals surface area contributed by atoms with E-state index in [-0.39, 0.29) is 23.6 Å². The van der Waals surface area contributed by atoms with E-state index in [1.165, 1.54) is 12.1 Å². The monoisotopic (exact) mass is 274 g/mol. The molecule has 0 spiro atoms. The molecule has 2 atom stereocenters. The Balaban J connectivity index is 1.95. The molecule has 1 aromatic carbocycles. The maximum absolute atomic E-state index is 12.0. The fourth-order valence-electron chi connectivity index (χ4n) is 1.99. The fourth-order valence-corrected chi connectivity index (χ4v) is 1.99. The second kappa shape index (κ2) is 5.11. The molecule has 104 valence electrons. The van der Waals surface area contributed by atoms with Gasteiger partial charge in [0.15, 0.2) is 0 Å². The maximum Gasteiger partial charge on any atom is 0.573 e. The normalized spacial score (nSPS) is 21.9. The van der Waals surface area contributed by atoms with Crippen LogP contribution < -0.4 is 4.74 Å². The Kier molecular flexibility index (Phi) is 3.68. The second-order valence-corrected chi connectivity index (χ2v) is 4.32. The fraction of sp³-hybridized carbons (Fsp3) is 0.462. The number of esters is 1. The predicted octanol–water partition coefficient (Wildman–Crippen LogP) is 3.25. The van der Waals surface area contributed by atoms with E-state index in [4.69, 9.17) is 4.74 Å². The van der Waals surface area contributed by atoms with E-state index in [0.29, 0.717) is 13.0 Å². The first-order chi connectivity index (χ1) is 8.90. The molecule has 0 bridgehead atoms. The van der Waals surface area contributed by atoms with Crippen LogP contribution in [-0.2, 0) is 9.53 Å². The molecule has 0 heterocycles. The van der Waals surface area contributed by atoms with Gasteiger partial charge in [0.2, 0.25) is 0 Å². The van der Waals surface area contributed by atoms with Crippen LogP contribution in [0, 0.1) is 5.92 Å². The molecular weight excluding hydrogens is 261 g/mol. The van der Waals surface area contributed by atoms with Crippen molar-refractivity contribution in [2.45, 2.75) is 25.6 Å². The molecule has 0 saturated heterocycles. The summed E-state index contributed by atoms with van der Waals surface area (Å²) < 4.78 is 44.6. The van der Waals surface area contributed by atoms with Gasteiger partial charge in [-0.1, -0.05) is 12.1 Å². The third-order valence-electron chi connectivity index (χ3n) is 2.92. The topological polar surface area (TPSA) is 35.5 Å². The zero-order chi connectivity index (χ0) is 14.0. The highest BCUT2D eigenvalue weighted by Gasteiger charge is 2.45. The van der Waals surface area contributed by atoms with Gasteiger partial charge in [-0.05, 0) is 37.0 Å². The van der Waals surface area contributed by atoms with E-state index in [9.17, 15) is 18.0 Å². The van der Waals surface area contributed by atoms with E-state index >= 15 is 0 Å². The lowest BCUT2D eigenvalue weighted by molar-refractivity contribution is -0.274. The minimum Gasteiger partial charge on any atom is -0.466 e. The largest absolute Gasteiger partial charge is 0.573 e. The summed E-state index contributed by atoms with van der Waals surface area (Å²) in [5.74, 6) is -0.638. The molecule has 1 saturated carbocycles. The van der Waals surface area contributed by atoms with E-state index in [1.807, 2.05) is 0 Å². The Morgan fingerprint density at radius 2 is 1.95 bits per heavy atom. The van der Waals surface area contributed by atoms with Crippen LogP contribution in [0.3, 0.4) is 0 Å². The summed E-state index contributed by atoms with van der Waals surface area (Å²) in [6.07, 6.45) is -4.01. The molecule has 1 aromatic rings. The van der Waals surface area contributed by atoms with Crippen LogP contribution in [0.1, 0.15) is 24.8 Å². The van der Waals surface area contributed by atoms with Crippen LogP contribution in [0.5, 0.6) is 5.75 Å². The van der Waals surface area contributed by atoms with E-state index in [2.05, 4.69) is 4.74 Å². The van der Waals surface area contributed by atoms with Crippen molar-refractivity contribution in [3.63, 3.8) is 0 Å². The van der Waals surface area contributed by atoms with Crippen molar-refractivity contribution < 1.29 is 27.4 Å². The second-order valence-electron chi connectivity index (χ2n) is 4.32. The number of carbonyl (C=O) groups is 1. The lowest BCUT2D eigenvalue weighted by Gasteiger charge is -2.09. The molecular formula is C13H13F3O3. The number of benzene rings is 1. The summed E-state index contributed by atoms with van der Waals surface area (Å²) in [6, 6.07) is 5.60. The first kappa shape index (κ1) is 13.7. The van der Waals surface area contributed by atoms with E-state index < -0.39 is 6.36 Å². The molecule has 2 rings (SSSR count). The van der Waals surface area contributed by atoms with Crippen molar-refractivity contribution in [2.24, 2.45) is 5.92 Å². The van der Waals surface area contributed by atoms with Gasteiger partial charge in [-0.2, -0.15) is 0 Å². The molecule has 0 amide bonds. The molecule has 1 aliphatic carbocycles. The van der Waals surface area contributed by atoms with Gasteiger partial charge >= 0.3 is 12.3 Å². The molecule has 0 N–H and O–H groups in total. The van der Waals surface area contributed by atoms with Gasteiger partial charge in [-0.15, -0.1) is 13.2 Å². The summed E-state index contributed by atoms with van der Waals surface area (Å²) in [6.45, 7) is 2.07. The number of hydrogen-bond acceptors (Lipinski definition) is 3. The number of alkyl halides is 3. The highest BCUT2D eigenvalue weighted by atomic mass is 19.4. The standard InChI is InChI=1S/C13H13F3O3/c1-2-18-12(17)11-7-10(11)8-3-5-9(6-4-8)19-13(14,15)16/h3-6,10-11H,2,7H2,1H3. The first-order valence-electron chi connectivity index (χ1n) is 5.93. The SMILES string of the molecule is CCOC(=O)C1CC1c1ccc(OC(F)(F)F)cc1. The highest BCUT2D eigenvalue weighted by molar-refractivity contribution is 5.77. The number of carbonyl (C=O) groups excluding carboxylic acids is 1. The lowest BCUT2D eigenvalue weighted by Crippen LogP contribution is -2.17. The molecule has 19 heavy (non-hydrogen) atoms. The molecule has 1 aliphatic rings. The summed E-state index contributed by atoms with van der Waals surface area (Å²) in [5.41, 5.74) is 0.826. The number of halogens is 3. The molecule has 2 unspecified atom stereocenters.